The van der Waals surface area contributed by atoms with Gasteiger partial charge in [-0.15, -0.1) is 0 Å². The summed E-state index contributed by atoms with van der Waals surface area (Å²) in [4.78, 5) is 38.4. The molecule has 0 unspecified atom stereocenters. The van der Waals surface area contributed by atoms with Crippen molar-refractivity contribution in [2.24, 2.45) is 0 Å². The fraction of sp³-hybridized carbons (Fsp3) is 0.292. The molecular weight excluding hydrogens is 412 g/mol. The van der Waals surface area contributed by atoms with Gasteiger partial charge in [-0.05, 0) is 48.9 Å². The molecule has 0 aromatic heterocycles. The molecule has 0 aliphatic carbocycles. The highest BCUT2D eigenvalue weighted by Crippen LogP contribution is 2.19. The Morgan fingerprint density at radius 2 is 1.50 bits per heavy atom. The molecule has 4 N–H and O–H groups in total. The maximum atomic E-state index is 12.9. The van der Waals surface area contributed by atoms with Crippen LogP contribution < -0.4 is 5.32 Å². The van der Waals surface area contributed by atoms with Crippen molar-refractivity contribution >= 4 is 17.6 Å². The number of Topliss-reactive ketones (excluding diaryl/α,β-unsaturated/α-hetero) is 1. The minimum atomic E-state index is -1.85. The van der Waals surface area contributed by atoms with Gasteiger partial charge >= 0.3 is 0 Å². The third-order valence-corrected chi connectivity index (χ3v) is 5.28. The Balaban J connectivity index is 2.20. The Bertz CT molecular complexity index is 1020. The highest BCUT2D eigenvalue weighted by Gasteiger charge is 2.46. The summed E-state index contributed by atoms with van der Waals surface area (Å²) in [6, 6.07) is 13.2. The van der Waals surface area contributed by atoms with E-state index >= 15 is 0 Å². The van der Waals surface area contributed by atoms with Crippen molar-refractivity contribution < 1.29 is 29.7 Å². The smallest absolute Gasteiger partial charge is 0.254 e. The lowest BCUT2D eigenvalue weighted by atomic mass is 9.92. The monoisotopic (exact) mass is 438 g/mol. The Labute approximate surface area is 186 Å². The van der Waals surface area contributed by atoms with Gasteiger partial charge in [0, 0.05) is 30.8 Å². The molecule has 0 saturated carbocycles. The molecule has 168 valence electrons. The van der Waals surface area contributed by atoms with Crippen LogP contribution in [0.25, 0.3) is 0 Å². The number of aliphatic hydroxyl groups excluding tert-OH is 3. The van der Waals surface area contributed by atoms with E-state index in [1.807, 2.05) is 0 Å². The molecule has 0 fully saturated rings. The molecule has 2 aromatic carbocycles. The van der Waals surface area contributed by atoms with Gasteiger partial charge in [-0.2, -0.15) is 0 Å². The molecule has 0 bridgehead atoms. The molecular formula is C24H26N2O6. The van der Waals surface area contributed by atoms with Crippen LogP contribution in [0.4, 0.5) is 0 Å². The summed E-state index contributed by atoms with van der Waals surface area (Å²) in [6.45, 7) is 0.0463. The molecule has 0 aliphatic heterocycles. The van der Waals surface area contributed by atoms with Crippen molar-refractivity contribution in [3.8, 4) is 11.8 Å². The first-order valence-corrected chi connectivity index (χ1v) is 9.84. The van der Waals surface area contributed by atoms with E-state index in [2.05, 4.69) is 17.2 Å². The van der Waals surface area contributed by atoms with E-state index in [1.165, 1.54) is 33.2 Å². The van der Waals surface area contributed by atoms with Crippen LogP contribution in [0.1, 0.15) is 40.1 Å². The molecule has 0 spiro atoms. The minimum absolute atomic E-state index is 0.251. The lowest BCUT2D eigenvalue weighted by molar-refractivity contribution is -0.143. The molecule has 0 saturated heterocycles. The van der Waals surface area contributed by atoms with E-state index in [4.69, 9.17) is 5.11 Å². The van der Waals surface area contributed by atoms with Crippen molar-refractivity contribution in [2.75, 3.05) is 27.3 Å². The van der Waals surface area contributed by atoms with Crippen molar-refractivity contribution in [3.63, 3.8) is 0 Å². The zero-order valence-electron chi connectivity index (χ0n) is 18.1. The van der Waals surface area contributed by atoms with Gasteiger partial charge in [-0.3, -0.25) is 14.4 Å². The molecule has 8 heteroatoms. The van der Waals surface area contributed by atoms with Gasteiger partial charge in [0.05, 0.1) is 6.61 Å². The molecule has 8 nitrogen and oxygen atoms in total. The number of hydrogen-bond donors (Lipinski definition) is 4. The third kappa shape index (κ3) is 5.21. The second-order valence-corrected chi connectivity index (χ2v) is 7.24. The number of hydrogen-bond acceptors (Lipinski definition) is 6. The maximum absolute atomic E-state index is 12.9. The first-order chi connectivity index (χ1) is 15.2. The quantitative estimate of drug-likeness (QED) is 0.363. The average molecular weight is 438 g/mol. The van der Waals surface area contributed by atoms with Crippen LogP contribution >= 0.6 is 0 Å². The van der Waals surface area contributed by atoms with Crippen molar-refractivity contribution in [1.29, 1.82) is 0 Å². The number of aliphatic hydroxyl groups is 3. The summed E-state index contributed by atoms with van der Waals surface area (Å²) in [5.74, 6) is 3.88. The van der Waals surface area contributed by atoms with Gasteiger partial charge < -0.3 is 25.5 Å². The average Bonchev–Trinajstić information content (AvgIpc) is 2.85. The largest absolute Gasteiger partial charge is 0.393 e. The van der Waals surface area contributed by atoms with Crippen LogP contribution in [0.15, 0.2) is 48.5 Å². The lowest BCUT2D eigenvalue weighted by Gasteiger charge is -2.35. The number of nitrogens with one attached hydrogen (secondary N) is 1. The van der Waals surface area contributed by atoms with Crippen LogP contribution in [-0.4, -0.2) is 70.7 Å². The Hall–Kier alpha value is -3.51. The summed E-state index contributed by atoms with van der Waals surface area (Å²) in [7, 11) is 2.68. The Kier molecular flexibility index (Phi) is 8.27. The number of amides is 2. The number of carbonyl (C=O) groups excluding carboxylic acids is 3. The molecule has 2 rings (SSSR count). The zero-order valence-corrected chi connectivity index (χ0v) is 18.1. The third-order valence-electron chi connectivity index (χ3n) is 5.28. The van der Waals surface area contributed by atoms with Crippen LogP contribution in [0.3, 0.4) is 0 Å². The van der Waals surface area contributed by atoms with Crippen LogP contribution in [0, 0.1) is 11.8 Å². The molecule has 0 radical (unpaired) electrons. The number of nitrogens with zero attached hydrogens (tertiary/aromatic N) is 1. The predicted octanol–water partition coefficient (Wildman–Crippen LogP) is 0.250. The van der Waals surface area contributed by atoms with Gasteiger partial charge in [0.15, 0.2) is 11.3 Å². The van der Waals surface area contributed by atoms with Crippen molar-refractivity contribution in [3.05, 3.63) is 70.8 Å². The second kappa shape index (κ2) is 10.7. The number of likely N-dealkylation sites (N-methyl/N-ethyl adjacent to an activating group) is 2. The number of rotatable bonds is 7. The highest BCUT2D eigenvalue weighted by atomic mass is 16.3. The van der Waals surface area contributed by atoms with Gasteiger partial charge in [0.25, 0.3) is 11.8 Å². The second-order valence-electron chi connectivity index (χ2n) is 7.24. The molecule has 2 aromatic rings. The summed E-state index contributed by atoms with van der Waals surface area (Å²) in [5, 5.41) is 30.2. The van der Waals surface area contributed by atoms with Crippen molar-refractivity contribution in [1.82, 2.24) is 10.2 Å². The maximum Gasteiger partial charge on any atom is 0.254 e. The molecule has 32 heavy (non-hydrogen) atoms. The number of ketones is 1. The summed E-state index contributed by atoms with van der Waals surface area (Å²) in [6.07, 6.45) is -0.932. The first kappa shape index (κ1) is 24.8. The molecule has 2 atom stereocenters. The number of carbonyl (C=O) groups is 3. The minimum Gasteiger partial charge on any atom is -0.393 e. The fourth-order valence-electron chi connectivity index (χ4n) is 2.99. The first-order valence-electron chi connectivity index (χ1n) is 9.84. The van der Waals surface area contributed by atoms with Gasteiger partial charge in [0.1, 0.15) is 12.7 Å². The van der Waals surface area contributed by atoms with Gasteiger partial charge in [-0.1, -0.05) is 24.0 Å². The Morgan fingerprint density at radius 3 is 1.94 bits per heavy atom. The fourth-order valence-corrected chi connectivity index (χ4v) is 2.99. The number of benzene rings is 2. The van der Waals surface area contributed by atoms with E-state index in [1.54, 1.807) is 36.4 Å². The summed E-state index contributed by atoms with van der Waals surface area (Å²) in [5.41, 5.74) is 0.344. The van der Waals surface area contributed by atoms with E-state index in [0.717, 1.165) is 4.90 Å². The van der Waals surface area contributed by atoms with E-state index in [9.17, 15) is 24.6 Å². The van der Waals surface area contributed by atoms with E-state index in [-0.39, 0.29) is 12.2 Å². The van der Waals surface area contributed by atoms with Crippen LogP contribution in [0.2, 0.25) is 0 Å². The van der Waals surface area contributed by atoms with E-state index in [0.29, 0.717) is 16.7 Å². The van der Waals surface area contributed by atoms with Crippen LogP contribution in [0.5, 0.6) is 0 Å². The van der Waals surface area contributed by atoms with Gasteiger partial charge in [0.2, 0.25) is 0 Å². The molecule has 2 amide bonds. The highest BCUT2D eigenvalue weighted by molar-refractivity contribution is 6.14. The standard InChI is InChI=1S/C24H26N2O6/c1-24(21(30)15-28,23(32)25-2)26(3)22(31)19-12-8-17(9-13-19)5-4-16-6-10-18(11-7-16)20(29)14-27/h6-13,20,27-29H,14-15H2,1-3H3,(H,25,32)/t20-,24+/m0/s1. The summed E-state index contributed by atoms with van der Waals surface area (Å²) < 4.78 is 0. The van der Waals surface area contributed by atoms with Crippen LogP contribution in [-0.2, 0) is 9.59 Å². The predicted molar refractivity (Wildman–Crippen MR) is 118 cm³/mol. The van der Waals surface area contributed by atoms with Crippen molar-refractivity contribution in [2.45, 2.75) is 18.6 Å². The Morgan fingerprint density at radius 1 is 1.00 bits per heavy atom. The topological polar surface area (TPSA) is 127 Å². The van der Waals surface area contributed by atoms with E-state index < -0.39 is 35.8 Å². The van der Waals surface area contributed by atoms with Gasteiger partial charge in [-0.25, -0.2) is 0 Å². The zero-order chi connectivity index (χ0) is 23.9. The molecule has 0 heterocycles. The lowest BCUT2D eigenvalue weighted by Crippen LogP contribution is -2.62. The normalized spacial score (nSPS) is 13.2. The summed E-state index contributed by atoms with van der Waals surface area (Å²) >= 11 is 0. The SMILES string of the molecule is CNC(=O)[C@@](C)(C(=O)CO)N(C)C(=O)c1ccc(C#Cc2ccc([C@@H](O)CO)cc2)cc1. The molecule has 0 aliphatic rings.